The van der Waals surface area contributed by atoms with Crippen molar-refractivity contribution >= 4 is 6.47 Å². The van der Waals surface area contributed by atoms with E-state index in [0.29, 0.717) is 12.2 Å². The molecule has 0 aromatic carbocycles. The Morgan fingerprint density at radius 3 is 2.43 bits per heavy atom. The van der Waals surface area contributed by atoms with Crippen molar-refractivity contribution in [1.29, 1.82) is 0 Å². The number of carbonyl (C=O) groups is 1. The molecule has 7 heavy (non-hydrogen) atoms. The maximum absolute atomic E-state index is 9.51. The third kappa shape index (κ3) is 3.03. The molecular weight excluding hydrogens is 92.1 g/mol. The molecular formula is C5H8O2. The van der Waals surface area contributed by atoms with E-state index in [2.05, 4.69) is 4.74 Å². The normalized spacial score (nSPS) is 10.9. The third-order valence-corrected chi connectivity index (χ3v) is 0.641. The fourth-order valence-corrected chi connectivity index (χ4v) is 0.144. The maximum Gasteiger partial charge on any atom is 0.298 e. The molecule has 0 spiro atoms. The molecule has 0 unspecified atom stereocenters. The Morgan fingerprint density at radius 1 is 1.71 bits per heavy atom. The largest absolute Gasteiger partial charge is 0.434 e. The van der Waals surface area contributed by atoms with Gasteiger partial charge in [-0.2, -0.15) is 0 Å². The summed E-state index contributed by atoms with van der Waals surface area (Å²) in [5, 5.41) is 0. The molecule has 0 N–H and O–H groups in total. The van der Waals surface area contributed by atoms with E-state index in [-0.39, 0.29) is 0 Å². The van der Waals surface area contributed by atoms with Crippen molar-refractivity contribution < 1.29 is 9.53 Å². The lowest BCUT2D eigenvalue weighted by Gasteiger charge is -1.89. The fraction of sp³-hybridized carbons (Fsp3) is 0.400. The topological polar surface area (TPSA) is 26.3 Å². The lowest BCUT2D eigenvalue weighted by molar-refractivity contribution is -0.125. The number of carbonyl (C=O) groups excluding carboxylic acids is 1. The van der Waals surface area contributed by atoms with Crippen LogP contribution < -0.4 is 0 Å². The Kier molecular flexibility index (Phi) is 3.02. The molecule has 0 fully saturated rings. The van der Waals surface area contributed by atoms with Gasteiger partial charge in [-0.05, 0) is 19.9 Å². The van der Waals surface area contributed by atoms with Crippen LogP contribution in [-0.2, 0) is 9.53 Å². The standard InChI is InChI=1S/C5H8O2/c1-3-5(2)7-4-6/h3-4H,1-2H3. The maximum atomic E-state index is 9.51. The summed E-state index contributed by atoms with van der Waals surface area (Å²) >= 11 is 0. The summed E-state index contributed by atoms with van der Waals surface area (Å²) < 4.78 is 4.37. The zero-order valence-electron chi connectivity index (χ0n) is 4.47. The minimum atomic E-state index is 0.412. The molecule has 0 saturated carbocycles. The Hall–Kier alpha value is -0.790. The van der Waals surface area contributed by atoms with E-state index < -0.39 is 0 Å². The summed E-state index contributed by atoms with van der Waals surface area (Å²) in [6.45, 7) is 3.93. The number of hydrogen-bond donors (Lipinski definition) is 0. The van der Waals surface area contributed by atoms with E-state index in [1.165, 1.54) is 0 Å². The molecule has 0 aromatic heterocycles. The molecule has 0 saturated heterocycles. The second kappa shape index (κ2) is 3.40. The highest BCUT2D eigenvalue weighted by atomic mass is 16.5. The Balaban J connectivity index is 3.36. The molecule has 0 rings (SSSR count). The number of rotatable bonds is 2. The Morgan fingerprint density at radius 2 is 2.29 bits per heavy atom. The van der Waals surface area contributed by atoms with E-state index in [0.717, 1.165) is 0 Å². The van der Waals surface area contributed by atoms with Crippen LogP contribution in [0.5, 0.6) is 0 Å². The van der Waals surface area contributed by atoms with Gasteiger partial charge in [0.2, 0.25) is 0 Å². The van der Waals surface area contributed by atoms with E-state index in [1.54, 1.807) is 19.9 Å². The second-order valence-corrected chi connectivity index (χ2v) is 1.11. The van der Waals surface area contributed by atoms with Crippen LogP contribution in [0.15, 0.2) is 11.8 Å². The predicted molar refractivity (Wildman–Crippen MR) is 26.6 cm³/mol. The van der Waals surface area contributed by atoms with Gasteiger partial charge in [-0.15, -0.1) is 0 Å². The molecule has 0 radical (unpaired) electrons. The summed E-state index contributed by atoms with van der Waals surface area (Å²) in [7, 11) is 0. The van der Waals surface area contributed by atoms with E-state index in [1.807, 2.05) is 0 Å². The molecule has 0 aliphatic carbocycles. The van der Waals surface area contributed by atoms with Gasteiger partial charge >= 0.3 is 0 Å². The summed E-state index contributed by atoms with van der Waals surface area (Å²) in [5.41, 5.74) is 0. The number of ether oxygens (including phenoxy) is 1. The second-order valence-electron chi connectivity index (χ2n) is 1.11. The molecule has 0 heterocycles. The van der Waals surface area contributed by atoms with Crippen LogP contribution >= 0.6 is 0 Å². The summed E-state index contributed by atoms with van der Waals surface area (Å²) in [5.74, 6) is 0.634. The van der Waals surface area contributed by atoms with Crippen LogP contribution in [0.3, 0.4) is 0 Å². The number of hydrogen-bond acceptors (Lipinski definition) is 2. The van der Waals surface area contributed by atoms with Crippen LogP contribution in [0.2, 0.25) is 0 Å². The smallest absolute Gasteiger partial charge is 0.298 e. The van der Waals surface area contributed by atoms with Gasteiger partial charge in [-0.25, -0.2) is 0 Å². The first kappa shape index (κ1) is 6.21. The van der Waals surface area contributed by atoms with Crippen LogP contribution in [0.25, 0.3) is 0 Å². The third-order valence-electron chi connectivity index (χ3n) is 0.641. The van der Waals surface area contributed by atoms with Gasteiger partial charge in [0.05, 0.1) is 5.76 Å². The highest BCUT2D eigenvalue weighted by molar-refractivity contribution is 5.39. The first-order chi connectivity index (χ1) is 3.31. The lowest BCUT2D eigenvalue weighted by atomic mass is 10.5. The first-order valence-electron chi connectivity index (χ1n) is 2.04. The SMILES string of the molecule is CC=C(C)OC=O. The van der Waals surface area contributed by atoms with Crippen molar-refractivity contribution in [2.24, 2.45) is 0 Å². The zero-order valence-corrected chi connectivity index (χ0v) is 4.47. The average Bonchev–Trinajstić information content (AvgIpc) is 1.68. The molecule has 0 aromatic rings. The molecule has 40 valence electrons. The monoisotopic (exact) mass is 100 g/mol. The van der Waals surface area contributed by atoms with Gasteiger partial charge < -0.3 is 4.74 Å². The lowest BCUT2D eigenvalue weighted by Crippen LogP contribution is -1.80. The Labute approximate surface area is 42.8 Å². The van der Waals surface area contributed by atoms with Gasteiger partial charge in [0.1, 0.15) is 0 Å². The van der Waals surface area contributed by atoms with Gasteiger partial charge in [0.25, 0.3) is 6.47 Å². The molecule has 0 aliphatic rings. The molecule has 0 atom stereocenters. The minimum absolute atomic E-state index is 0.412. The van der Waals surface area contributed by atoms with Gasteiger partial charge in [-0.3, -0.25) is 4.79 Å². The van der Waals surface area contributed by atoms with Crippen molar-refractivity contribution in [2.75, 3.05) is 0 Å². The van der Waals surface area contributed by atoms with E-state index >= 15 is 0 Å². The van der Waals surface area contributed by atoms with Crippen LogP contribution in [0.1, 0.15) is 13.8 Å². The van der Waals surface area contributed by atoms with Crippen molar-refractivity contribution in [2.45, 2.75) is 13.8 Å². The fourth-order valence-electron chi connectivity index (χ4n) is 0.144. The average molecular weight is 100 g/mol. The Bertz CT molecular complexity index is 84.1. The van der Waals surface area contributed by atoms with Crippen molar-refractivity contribution in [3.8, 4) is 0 Å². The van der Waals surface area contributed by atoms with Crippen LogP contribution in [0, 0.1) is 0 Å². The molecule has 0 bridgehead atoms. The predicted octanol–water partition coefficient (Wildman–Crippen LogP) is 1.08. The summed E-state index contributed by atoms with van der Waals surface area (Å²) in [6.07, 6.45) is 1.72. The molecule has 0 amide bonds. The highest BCUT2D eigenvalue weighted by Crippen LogP contribution is 1.88. The van der Waals surface area contributed by atoms with Crippen molar-refractivity contribution in [1.82, 2.24) is 0 Å². The summed E-state index contributed by atoms with van der Waals surface area (Å²) in [4.78, 5) is 9.51. The number of allylic oxidation sites excluding steroid dienone is 2. The highest BCUT2D eigenvalue weighted by Gasteiger charge is 1.78. The van der Waals surface area contributed by atoms with Gasteiger partial charge in [0.15, 0.2) is 0 Å². The van der Waals surface area contributed by atoms with Crippen molar-refractivity contribution in [3.63, 3.8) is 0 Å². The molecule has 2 heteroatoms. The summed E-state index contributed by atoms with van der Waals surface area (Å²) in [6, 6.07) is 0. The van der Waals surface area contributed by atoms with Crippen molar-refractivity contribution in [3.05, 3.63) is 11.8 Å². The van der Waals surface area contributed by atoms with Crippen LogP contribution in [0.4, 0.5) is 0 Å². The van der Waals surface area contributed by atoms with Gasteiger partial charge in [0, 0.05) is 0 Å². The van der Waals surface area contributed by atoms with E-state index in [4.69, 9.17) is 0 Å². The van der Waals surface area contributed by atoms with E-state index in [9.17, 15) is 4.79 Å². The molecule has 0 aliphatic heterocycles. The zero-order chi connectivity index (χ0) is 5.70. The molecule has 2 nitrogen and oxygen atoms in total. The van der Waals surface area contributed by atoms with Gasteiger partial charge in [-0.1, -0.05) is 0 Å². The first-order valence-corrected chi connectivity index (χ1v) is 2.04. The van der Waals surface area contributed by atoms with Crippen LogP contribution in [-0.4, -0.2) is 6.47 Å². The minimum Gasteiger partial charge on any atom is -0.434 e. The quantitative estimate of drug-likeness (QED) is 0.383.